The van der Waals surface area contributed by atoms with E-state index >= 15 is 0 Å². The monoisotopic (exact) mass is 518 g/mol. The van der Waals surface area contributed by atoms with Crippen molar-refractivity contribution in [2.45, 2.75) is 25.7 Å². The average Bonchev–Trinajstić information content (AvgIpc) is 3.71. The zero-order valence-electron chi connectivity index (χ0n) is 21.1. The number of benzene rings is 1. The number of hydrogen-bond acceptors (Lipinski definition) is 5. The molecule has 0 aliphatic heterocycles. The first-order chi connectivity index (χ1) is 19.1. The molecule has 1 aromatic heterocycles. The number of allylic oxidation sites excluding steroid dienone is 16. The van der Waals surface area contributed by atoms with Gasteiger partial charge in [-0.25, -0.2) is 0 Å². The molecule has 39 heavy (non-hydrogen) atoms. The molecule has 0 saturated heterocycles. The molecule has 1 heterocycles. The maximum atomic E-state index is 8.95. The Bertz CT molecular complexity index is 1620. The van der Waals surface area contributed by atoms with Gasteiger partial charge in [-0.15, -0.1) is 11.3 Å². The van der Waals surface area contributed by atoms with E-state index in [0.29, 0.717) is 0 Å². The Morgan fingerprint density at radius 1 is 0.615 bits per heavy atom. The summed E-state index contributed by atoms with van der Waals surface area (Å²) >= 11 is 1.87. The van der Waals surface area contributed by atoms with Crippen LogP contribution in [0.5, 0.6) is 0 Å². The fraction of sp³-hybridized carbons (Fsp3) is 0.118. The molecule has 0 amide bonds. The number of fused-ring (bicyclic) bond motifs is 2. The molecule has 2 aromatic rings. The van der Waals surface area contributed by atoms with E-state index in [9.17, 15) is 0 Å². The third kappa shape index (κ3) is 5.42. The number of rotatable bonds is 6. The van der Waals surface area contributed by atoms with E-state index in [1.165, 1.54) is 43.2 Å². The summed E-state index contributed by atoms with van der Waals surface area (Å²) in [4.78, 5) is 2.67. The lowest BCUT2D eigenvalue weighted by Gasteiger charge is -2.19. The zero-order chi connectivity index (χ0) is 27.2. The second kappa shape index (κ2) is 11.5. The summed E-state index contributed by atoms with van der Waals surface area (Å²) in [6, 6.07) is 16.2. The van der Waals surface area contributed by atoms with Gasteiger partial charge in [-0.05, 0) is 82.4 Å². The summed E-state index contributed by atoms with van der Waals surface area (Å²) < 4.78 is 0. The van der Waals surface area contributed by atoms with Gasteiger partial charge in [-0.2, -0.15) is 21.0 Å². The van der Waals surface area contributed by atoms with E-state index in [4.69, 9.17) is 21.0 Å². The van der Waals surface area contributed by atoms with Crippen molar-refractivity contribution in [2.75, 3.05) is 0 Å². The number of hydrogen-bond donors (Lipinski definition) is 0. The van der Waals surface area contributed by atoms with Crippen LogP contribution in [-0.2, 0) is 12.8 Å². The van der Waals surface area contributed by atoms with Crippen molar-refractivity contribution in [3.05, 3.63) is 139 Å². The highest BCUT2D eigenvalue weighted by Crippen LogP contribution is 2.47. The fourth-order valence-electron chi connectivity index (χ4n) is 5.04. The van der Waals surface area contributed by atoms with Crippen molar-refractivity contribution < 1.29 is 0 Å². The van der Waals surface area contributed by atoms with Crippen molar-refractivity contribution in [1.29, 1.82) is 21.0 Å². The van der Waals surface area contributed by atoms with Gasteiger partial charge in [0.2, 0.25) is 0 Å². The van der Waals surface area contributed by atoms with Crippen molar-refractivity contribution in [1.82, 2.24) is 0 Å². The van der Waals surface area contributed by atoms with Gasteiger partial charge in [0.15, 0.2) is 0 Å². The summed E-state index contributed by atoms with van der Waals surface area (Å²) in [6.45, 7) is 0. The molecule has 5 heteroatoms. The molecule has 3 aliphatic rings. The Labute approximate surface area is 232 Å². The third-order valence-corrected chi connectivity index (χ3v) is 8.39. The minimum atomic E-state index is 0.0907. The van der Waals surface area contributed by atoms with Gasteiger partial charge >= 0.3 is 0 Å². The number of nitrogens with zero attached hydrogens (tertiary/aromatic N) is 4. The van der Waals surface area contributed by atoms with Crippen molar-refractivity contribution in [3.63, 3.8) is 0 Å². The summed E-state index contributed by atoms with van der Waals surface area (Å²) in [5.41, 5.74) is 10.7. The SMILES string of the molecule is N#CC(C#N)=C/C=C/C1=CC=C(c2sc(C3=CC=C(/C=C/C=C(C#N)C#N)C3)c3c2Cc2ccccc2C3)C1. The van der Waals surface area contributed by atoms with E-state index < -0.39 is 0 Å². The van der Waals surface area contributed by atoms with Gasteiger partial charge in [-0.1, -0.05) is 72.9 Å². The summed E-state index contributed by atoms with van der Waals surface area (Å²) in [5.74, 6) is 0. The molecule has 0 fully saturated rings. The highest BCUT2D eigenvalue weighted by molar-refractivity contribution is 7.14. The first kappa shape index (κ1) is 25.4. The standard InChI is InChI=1S/C34H22N4S/c35-19-25(20-36)7-3-5-23-11-13-29(15-23)33-31-17-27-9-1-2-10-28(27)18-32(31)34(39-33)30-14-12-24(16-30)6-4-8-26(21-37)22-38/h1-14H,15-18H2/b5-3+,6-4+. The van der Waals surface area contributed by atoms with Gasteiger partial charge < -0.3 is 0 Å². The third-order valence-electron chi connectivity index (χ3n) is 6.97. The van der Waals surface area contributed by atoms with E-state index in [1.54, 1.807) is 24.3 Å². The second-order valence-electron chi connectivity index (χ2n) is 9.39. The Morgan fingerprint density at radius 3 is 1.46 bits per heavy atom. The Morgan fingerprint density at radius 2 is 1.05 bits per heavy atom. The number of thiophene rings is 1. The minimum absolute atomic E-state index is 0.0907. The topological polar surface area (TPSA) is 95.2 Å². The van der Waals surface area contributed by atoms with E-state index in [2.05, 4.69) is 48.6 Å². The predicted molar refractivity (Wildman–Crippen MR) is 155 cm³/mol. The summed E-state index contributed by atoms with van der Waals surface area (Å²) in [7, 11) is 0. The zero-order valence-corrected chi connectivity index (χ0v) is 21.9. The smallest absolute Gasteiger partial charge is 0.129 e. The molecule has 0 unspecified atom stereocenters. The second-order valence-corrected chi connectivity index (χ2v) is 10.4. The average molecular weight is 519 g/mol. The van der Waals surface area contributed by atoms with Crippen LogP contribution in [0.15, 0.2) is 107 Å². The van der Waals surface area contributed by atoms with Crippen LogP contribution in [0.4, 0.5) is 0 Å². The lowest BCUT2D eigenvalue weighted by atomic mass is 9.84. The van der Waals surface area contributed by atoms with E-state index in [-0.39, 0.29) is 11.1 Å². The van der Waals surface area contributed by atoms with E-state index in [1.807, 2.05) is 47.8 Å². The van der Waals surface area contributed by atoms with Gasteiger partial charge in [-0.3, -0.25) is 0 Å². The van der Waals surface area contributed by atoms with Gasteiger partial charge in [0.25, 0.3) is 0 Å². The van der Waals surface area contributed by atoms with Gasteiger partial charge in [0.1, 0.15) is 35.4 Å². The Kier molecular flexibility index (Phi) is 7.48. The van der Waals surface area contributed by atoms with E-state index in [0.717, 1.165) is 36.8 Å². The quantitative estimate of drug-likeness (QED) is 0.246. The molecule has 5 rings (SSSR count). The first-order valence-electron chi connectivity index (χ1n) is 12.5. The summed E-state index contributed by atoms with van der Waals surface area (Å²) in [5, 5.41) is 35.8. The normalized spacial score (nSPS) is 15.1. The minimum Gasteiger partial charge on any atom is -0.192 e. The summed E-state index contributed by atoms with van der Waals surface area (Å²) in [6.07, 6.45) is 22.6. The highest BCUT2D eigenvalue weighted by Gasteiger charge is 2.28. The number of nitriles is 4. The molecule has 0 spiro atoms. The Balaban J connectivity index is 1.40. The van der Waals surface area contributed by atoms with Crippen LogP contribution in [0.1, 0.15) is 44.8 Å². The van der Waals surface area contributed by atoms with Crippen LogP contribution < -0.4 is 0 Å². The van der Waals surface area contributed by atoms with Crippen LogP contribution in [0.2, 0.25) is 0 Å². The molecule has 3 aliphatic carbocycles. The van der Waals surface area contributed by atoms with Crippen LogP contribution in [0.25, 0.3) is 11.1 Å². The molecule has 0 radical (unpaired) electrons. The largest absolute Gasteiger partial charge is 0.192 e. The van der Waals surface area contributed by atoms with Crippen LogP contribution in [0, 0.1) is 45.3 Å². The lowest BCUT2D eigenvalue weighted by molar-refractivity contribution is 1.01. The molecular formula is C34H22N4S. The van der Waals surface area contributed by atoms with Gasteiger partial charge in [0, 0.05) is 9.75 Å². The highest BCUT2D eigenvalue weighted by atomic mass is 32.1. The fourth-order valence-corrected chi connectivity index (χ4v) is 6.43. The van der Waals surface area contributed by atoms with Crippen LogP contribution >= 0.6 is 11.3 Å². The van der Waals surface area contributed by atoms with Gasteiger partial charge in [0.05, 0.1) is 0 Å². The molecule has 0 N–H and O–H groups in total. The molecule has 0 bridgehead atoms. The Hall–Kier alpha value is -5.20. The maximum Gasteiger partial charge on any atom is 0.129 e. The molecule has 184 valence electrons. The van der Waals surface area contributed by atoms with Crippen molar-refractivity contribution >= 4 is 22.5 Å². The van der Waals surface area contributed by atoms with Crippen molar-refractivity contribution in [3.8, 4) is 24.3 Å². The molecule has 1 aromatic carbocycles. The van der Waals surface area contributed by atoms with Crippen LogP contribution in [0.3, 0.4) is 0 Å². The molecule has 0 atom stereocenters. The molecule has 4 nitrogen and oxygen atoms in total. The molecule has 0 saturated carbocycles. The van der Waals surface area contributed by atoms with Crippen molar-refractivity contribution in [2.24, 2.45) is 0 Å². The maximum absolute atomic E-state index is 8.95. The predicted octanol–water partition coefficient (Wildman–Crippen LogP) is 7.73. The lowest BCUT2D eigenvalue weighted by Crippen LogP contribution is -2.07. The van der Waals surface area contributed by atoms with Crippen LogP contribution in [-0.4, -0.2) is 0 Å². The molecular weight excluding hydrogens is 496 g/mol. The first-order valence-corrected chi connectivity index (χ1v) is 13.3.